The van der Waals surface area contributed by atoms with Gasteiger partial charge in [-0.05, 0) is 44.0 Å². The molecule has 1 aromatic heterocycles. The number of hydrogen-bond acceptors (Lipinski definition) is 3. The summed E-state index contributed by atoms with van der Waals surface area (Å²) in [5, 5.41) is 0. The molecular formula is C7H5Br2NO2. The summed E-state index contributed by atoms with van der Waals surface area (Å²) in [7, 11) is 1.32. The van der Waals surface area contributed by atoms with E-state index in [4.69, 9.17) is 0 Å². The van der Waals surface area contributed by atoms with Crippen LogP contribution in [0.4, 0.5) is 0 Å². The maximum Gasteiger partial charge on any atom is 0.357 e. The standard InChI is InChI=1S/C7H5Br2NO2/c1-12-7(11)6-4(8)2-3-5(9)10-6/h2-3H,1H3. The van der Waals surface area contributed by atoms with Crippen LogP contribution in [0.25, 0.3) is 0 Å². The van der Waals surface area contributed by atoms with E-state index >= 15 is 0 Å². The topological polar surface area (TPSA) is 39.2 Å². The first kappa shape index (κ1) is 9.67. The molecule has 1 aromatic rings. The van der Waals surface area contributed by atoms with Crippen LogP contribution in [-0.2, 0) is 4.74 Å². The fourth-order valence-corrected chi connectivity index (χ4v) is 1.35. The van der Waals surface area contributed by atoms with Gasteiger partial charge in [-0.1, -0.05) is 0 Å². The Kier molecular flexibility index (Phi) is 3.22. The van der Waals surface area contributed by atoms with Crippen molar-refractivity contribution in [1.29, 1.82) is 0 Å². The predicted molar refractivity (Wildman–Crippen MR) is 51.0 cm³/mol. The molecule has 0 saturated heterocycles. The number of carbonyl (C=O) groups is 1. The van der Waals surface area contributed by atoms with Gasteiger partial charge >= 0.3 is 5.97 Å². The van der Waals surface area contributed by atoms with Crippen LogP contribution in [0.2, 0.25) is 0 Å². The predicted octanol–water partition coefficient (Wildman–Crippen LogP) is 2.39. The lowest BCUT2D eigenvalue weighted by Gasteiger charge is -2.00. The minimum Gasteiger partial charge on any atom is -0.464 e. The van der Waals surface area contributed by atoms with E-state index in [1.165, 1.54) is 7.11 Å². The van der Waals surface area contributed by atoms with Crippen molar-refractivity contribution in [2.24, 2.45) is 0 Å². The summed E-state index contributed by atoms with van der Waals surface area (Å²) in [6.07, 6.45) is 0. The summed E-state index contributed by atoms with van der Waals surface area (Å²) < 4.78 is 5.75. The summed E-state index contributed by atoms with van der Waals surface area (Å²) in [6.45, 7) is 0. The van der Waals surface area contributed by atoms with Gasteiger partial charge in [0.15, 0.2) is 5.69 Å². The van der Waals surface area contributed by atoms with Crippen molar-refractivity contribution in [2.75, 3.05) is 7.11 Å². The highest BCUT2D eigenvalue weighted by atomic mass is 79.9. The number of rotatable bonds is 1. The first-order valence-electron chi connectivity index (χ1n) is 3.05. The molecule has 0 fully saturated rings. The zero-order chi connectivity index (χ0) is 9.14. The number of pyridine rings is 1. The third kappa shape index (κ3) is 2.04. The normalized spacial score (nSPS) is 9.58. The number of esters is 1. The van der Waals surface area contributed by atoms with Gasteiger partial charge in [-0.2, -0.15) is 0 Å². The molecule has 5 heteroatoms. The van der Waals surface area contributed by atoms with Crippen molar-refractivity contribution >= 4 is 37.8 Å². The molecule has 0 amide bonds. The molecule has 0 saturated carbocycles. The van der Waals surface area contributed by atoms with Crippen LogP contribution in [0.15, 0.2) is 21.2 Å². The summed E-state index contributed by atoms with van der Waals surface area (Å²) >= 11 is 6.34. The first-order chi connectivity index (χ1) is 5.65. The van der Waals surface area contributed by atoms with Crippen molar-refractivity contribution in [3.8, 4) is 0 Å². The molecule has 0 aromatic carbocycles. The van der Waals surface area contributed by atoms with Crippen molar-refractivity contribution in [3.05, 3.63) is 26.9 Å². The highest BCUT2D eigenvalue weighted by Crippen LogP contribution is 2.18. The zero-order valence-corrected chi connectivity index (χ0v) is 9.35. The Bertz CT molecular complexity index is 314. The summed E-state index contributed by atoms with van der Waals surface area (Å²) in [6, 6.07) is 3.46. The minimum atomic E-state index is -0.455. The lowest BCUT2D eigenvalue weighted by atomic mass is 10.3. The van der Waals surface area contributed by atoms with Crippen LogP contribution in [0, 0.1) is 0 Å². The molecule has 1 rings (SSSR count). The Hall–Kier alpha value is -0.420. The lowest BCUT2D eigenvalue weighted by molar-refractivity contribution is 0.0592. The van der Waals surface area contributed by atoms with Gasteiger partial charge in [0.25, 0.3) is 0 Å². The van der Waals surface area contributed by atoms with Gasteiger partial charge in [-0.3, -0.25) is 0 Å². The number of hydrogen-bond donors (Lipinski definition) is 0. The molecule has 64 valence electrons. The summed E-state index contributed by atoms with van der Waals surface area (Å²) in [5.41, 5.74) is 0.270. The van der Waals surface area contributed by atoms with Crippen molar-refractivity contribution in [3.63, 3.8) is 0 Å². The third-order valence-electron chi connectivity index (χ3n) is 1.19. The van der Waals surface area contributed by atoms with Crippen LogP contribution in [0.5, 0.6) is 0 Å². The Morgan fingerprint density at radius 3 is 2.75 bits per heavy atom. The molecule has 3 nitrogen and oxygen atoms in total. The van der Waals surface area contributed by atoms with Crippen molar-refractivity contribution in [1.82, 2.24) is 4.98 Å². The molecule has 0 radical (unpaired) electrons. The van der Waals surface area contributed by atoms with Crippen LogP contribution < -0.4 is 0 Å². The molecule has 0 spiro atoms. The monoisotopic (exact) mass is 293 g/mol. The van der Waals surface area contributed by atoms with E-state index in [9.17, 15) is 4.79 Å². The number of aromatic nitrogens is 1. The minimum absolute atomic E-state index is 0.270. The van der Waals surface area contributed by atoms with Gasteiger partial charge in [0.2, 0.25) is 0 Å². The second-order valence-corrected chi connectivity index (χ2v) is 3.62. The number of halogens is 2. The fourth-order valence-electron chi connectivity index (χ4n) is 0.658. The smallest absolute Gasteiger partial charge is 0.357 e. The molecule has 0 atom stereocenters. The van der Waals surface area contributed by atoms with Gasteiger partial charge in [-0.15, -0.1) is 0 Å². The van der Waals surface area contributed by atoms with Gasteiger partial charge in [0.05, 0.1) is 11.6 Å². The molecular weight excluding hydrogens is 290 g/mol. The highest BCUT2D eigenvalue weighted by Gasteiger charge is 2.11. The molecule has 0 unspecified atom stereocenters. The van der Waals surface area contributed by atoms with Crippen LogP contribution >= 0.6 is 31.9 Å². The van der Waals surface area contributed by atoms with Crippen LogP contribution in [-0.4, -0.2) is 18.1 Å². The van der Waals surface area contributed by atoms with Crippen molar-refractivity contribution < 1.29 is 9.53 Å². The number of methoxy groups -OCH3 is 1. The largest absolute Gasteiger partial charge is 0.464 e. The number of carbonyl (C=O) groups excluding carboxylic acids is 1. The van der Waals surface area contributed by atoms with E-state index < -0.39 is 5.97 Å². The SMILES string of the molecule is COC(=O)c1nc(Br)ccc1Br. The van der Waals surface area contributed by atoms with E-state index in [1.54, 1.807) is 12.1 Å². The van der Waals surface area contributed by atoms with Gasteiger partial charge in [-0.25, -0.2) is 9.78 Å². The van der Waals surface area contributed by atoms with Crippen molar-refractivity contribution in [2.45, 2.75) is 0 Å². The quantitative estimate of drug-likeness (QED) is 0.590. The first-order valence-corrected chi connectivity index (χ1v) is 4.64. The molecule has 0 aliphatic rings. The molecule has 1 heterocycles. The van der Waals surface area contributed by atoms with Gasteiger partial charge in [0, 0.05) is 0 Å². The molecule has 0 aliphatic heterocycles. The number of ether oxygens (including phenoxy) is 1. The average molecular weight is 295 g/mol. The third-order valence-corrected chi connectivity index (χ3v) is 2.27. The van der Waals surface area contributed by atoms with E-state index in [-0.39, 0.29) is 5.69 Å². The maximum atomic E-state index is 11.1. The van der Waals surface area contributed by atoms with E-state index in [1.807, 2.05) is 0 Å². The van der Waals surface area contributed by atoms with E-state index in [0.717, 1.165) is 0 Å². The summed E-state index contributed by atoms with van der Waals surface area (Å²) in [4.78, 5) is 15.0. The van der Waals surface area contributed by atoms with E-state index in [2.05, 4.69) is 41.6 Å². The highest BCUT2D eigenvalue weighted by molar-refractivity contribution is 9.11. The number of nitrogens with zero attached hydrogens (tertiary/aromatic N) is 1. The summed E-state index contributed by atoms with van der Waals surface area (Å²) in [5.74, 6) is -0.455. The zero-order valence-electron chi connectivity index (χ0n) is 6.17. The average Bonchev–Trinajstić information content (AvgIpc) is 2.08. The second kappa shape index (κ2) is 4.00. The lowest BCUT2D eigenvalue weighted by Crippen LogP contribution is -2.05. The van der Waals surface area contributed by atoms with E-state index in [0.29, 0.717) is 9.08 Å². The maximum absolute atomic E-state index is 11.1. The van der Waals surface area contributed by atoms with Crippen LogP contribution in [0.3, 0.4) is 0 Å². The Morgan fingerprint density at radius 2 is 2.17 bits per heavy atom. The fraction of sp³-hybridized carbons (Fsp3) is 0.143. The molecule has 12 heavy (non-hydrogen) atoms. The Morgan fingerprint density at radius 1 is 1.50 bits per heavy atom. The van der Waals surface area contributed by atoms with Crippen LogP contribution in [0.1, 0.15) is 10.5 Å². The molecule has 0 N–H and O–H groups in total. The van der Waals surface area contributed by atoms with Gasteiger partial charge in [0.1, 0.15) is 4.60 Å². The molecule has 0 aliphatic carbocycles. The second-order valence-electron chi connectivity index (χ2n) is 1.96. The Labute approximate surface area is 86.4 Å². The Balaban J connectivity index is 3.13. The van der Waals surface area contributed by atoms with Gasteiger partial charge < -0.3 is 4.74 Å². The molecule has 0 bridgehead atoms.